The van der Waals surface area contributed by atoms with E-state index < -0.39 is 0 Å². The molecule has 0 atom stereocenters. The molecule has 1 heterocycles. The van der Waals surface area contributed by atoms with Crippen molar-refractivity contribution in [1.29, 1.82) is 0 Å². The number of methoxy groups -OCH3 is 1. The lowest BCUT2D eigenvalue weighted by atomic mass is 10.0. The molecule has 0 radical (unpaired) electrons. The number of aryl methyl sites for hydroxylation is 2. The van der Waals surface area contributed by atoms with Crippen molar-refractivity contribution >= 4 is 16.9 Å². The van der Waals surface area contributed by atoms with Gasteiger partial charge < -0.3 is 9.30 Å². The number of hydrogen-bond acceptors (Lipinski definition) is 2. The van der Waals surface area contributed by atoms with Crippen molar-refractivity contribution in [3.63, 3.8) is 0 Å². The Morgan fingerprint density at radius 1 is 1.09 bits per heavy atom. The molecule has 0 unspecified atom stereocenters. The minimum Gasteiger partial charge on any atom is -0.469 e. The third-order valence-corrected chi connectivity index (χ3v) is 3.98. The zero-order valence-corrected chi connectivity index (χ0v) is 12.9. The van der Waals surface area contributed by atoms with Crippen LogP contribution in [0.3, 0.4) is 0 Å². The van der Waals surface area contributed by atoms with E-state index in [0.29, 0.717) is 13.0 Å². The molecule has 0 aliphatic carbocycles. The highest BCUT2D eigenvalue weighted by Gasteiger charge is 2.12. The van der Waals surface area contributed by atoms with E-state index in [1.54, 1.807) is 0 Å². The predicted molar refractivity (Wildman–Crippen MR) is 88.7 cm³/mol. The van der Waals surface area contributed by atoms with Gasteiger partial charge in [-0.25, -0.2) is 0 Å². The number of para-hydroxylation sites is 1. The third kappa shape index (κ3) is 2.62. The monoisotopic (exact) mass is 293 g/mol. The molecule has 0 saturated heterocycles. The number of fused-ring (bicyclic) bond motifs is 1. The van der Waals surface area contributed by atoms with Crippen LogP contribution in [-0.2, 0) is 16.1 Å². The Morgan fingerprint density at radius 3 is 2.59 bits per heavy atom. The van der Waals surface area contributed by atoms with E-state index in [4.69, 9.17) is 4.74 Å². The van der Waals surface area contributed by atoms with Crippen LogP contribution in [0.2, 0.25) is 0 Å². The smallest absolute Gasteiger partial charge is 0.307 e. The fourth-order valence-corrected chi connectivity index (χ4v) is 2.90. The van der Waals surface area contributed by atoms with Crippen LogP contribution in [-0.4, -0.2) is 17.6 Å². The lowest BCUT2D eigenvalue weighted by Crippen LogP contribution is -2.08. The Labute approximate surface area is 130 Å². The highest BCUT2D eigenvalue weighted by Crippen LogP contribution is 2.31. The highest BCUT2D eigenvalue weighted by atomic mass is 16.5. The van der Waals surface area contributed by atoms with Crippen LogP contribution in [0.15, 0.2) is 54.6 Å². The molecule has 0 fully saturated rings. The number of nitrogens with zero attached hydrogens (tertiary/aromatic N) is 1. The molecule has 0 aliphatic rings. The maximum atomic E-state index is 11.5. The highest BCUT2D eigenvalue weighted by molar-refractivity contribution is 5.95. The van der Waals surface area contributed by atoms with E-state index in [-0.39, 0.29) is 5.97 Å². The van der Waals surface area contributed by atoms with Crippen LogP contribution in [0.1, 0.15) is 12.1 Å². The summed E-state index contributed by atoms with van der Waals surface area (Å²) in [5, 5.41) is 1.20. The van der Waals surface area contributed by atoms with Crippen molar-refractivity contribution in [3.05, 3.63) is 60.3 Å². The summed E-state index contributed by atoms with van der Waals surface area (Å²) < 4.78 is 6.97. The molecule has 112 valence electrons. The van der Waals surface area contributed by atoms with E-state index in [2.05, 4.69) is 47.9 Å². The van der Waals surface area contributed by atoms with Crippen LogP contribution in [0.25, 0.3) is 22.0 Å². The number of aromatic nitrogens is 1. The van der Waals surface area contributed by atoms with Crippen LogP contribution in [0.4, 0.5) is 0 Å². The molecule has 3 nitrogen and oxygen atoms in total. The summed E-state index contributed by atoms with van der Waals surface area (Å²) in [6, 6.07) is 18.8. The molecule has 0 amide bonds. The maximum absolute atomic E-state index is 11.5. The summed E-state index contributed by atoms with van der Waals surface area (Å²) in [7, 11) is 1.43. The number of carbonyl (C=O) groups excluding carboxylic acids is 1. The number of ether oxygens (including phenoxy) is 1. The van der Waals surface area contributed by atoms with Crippen LogP contribution >= 0.6 is 0 Å². The summed E-state index contributed by atoms with van der Waals surface area (Å²) in [4.78, 5) is 11.5. The summed E-state index contributed by atoms with van der Waals surface area (Å²) in [6.07, 6.45) is 0.379. The minimum absolute atomic E-state index is 0.182. The van der Waals surface area contributed by atoms with Gasteiger partial charge in [0, 0.05) is 23.2 Å². The van der Waals surface area contributed by atoms with Gasteiger partial charge in [0.2, 0.25) is 0 Å². The molecule has 1 aromatic heterocycles. The molecule has 0 spiro atoms. The average Bonchev–Trinajstić information content (AvgIpc) is 2.88. The first-order valence-corrected chi connectivity index (χ1v) is 7.42. The van der Waals surface area contributed by atoms with Gasteiger partial charge >= 0.3 is 5.97 Å². The number of carbonyl (C=O) groups is 1. The van der Waals surface area contributed by atoms with Crippen molar-refractivity contribution in [3.8, 4) is 11.1 Å². The summed E-state index contributed by atoms with van der Waals surface area (Å²) >= 11 is 0. The quantitative estimate of drug-likeness (QED) is 0.676. The van der Waals surface area contributed by atoms with E-state index in [0.717, 1.165) is 5.69 Å². The molecule has 0 aliphatic heterocycles. The first-order valence-electron chi connectivity index (χ1n) is 7.42. The molecular formula is C19H19NO2. The van der Waals surface area contributed by atoms with E-state index in [1.807, 2.05) is 18.2 Å². The number of rotatable bonds is 4. The van der Waals surface area contributed by atoms with E-state index in [1.165, 1.54) is 29.1 Å². The van der Waals surface area contributed by atoms with Crippen molar-refractivity contribution in [2.45, 2.75) is 19.9 Å². The predicted octanol–water partition coefficient (Wildman–Crippen LogP) is 4.18. The Hall–Kier alpha value is -2.55. The second-order valence-electron chi connectivity index (χ2n) is 5.37. The Morgan fingerprint density at radius 2 is 1.86 bits per heavy atom. The largest absolute Gasteiger partial charge is 0.469 e. The number of hydrogen-bond donors (Lipinski definition) is 0. The van der Waals surface area contributed by atoms with Crippen LogP contribution in [0, 0.1) is 6.92 Å². The van der Waals surface area contributed by atoms with Gasteiger partial charge in [-0.2, -0.15) is 0 Å². The number of esters is 1. The maximum Gasteiger partial charge on any atom is 0.307 e. The normalized spacial score (nSPS) is 10.8. The van der Waals surface area contributed by atoms with Crippen molar-refractivity contribution < 1.29 is 9.53 Å². The van der Waals surface area contributed by atoms with Gasteiger partial charge in [-0.1, -0.05) is 48.5 Å². The second-order valence-corrected chi connectivity index (χ2v) is 5.37. The van der Waals surface area contributed by atoms with Gasteiger partial charge in [0.1, 0.15) is 0 Å². The first kappa shape index (κ1) is 14.4. The van der Waals surface area contributed by atoms with Gasteiger partial charge in [-0.15, -0.1) is 0 Å². The van der Waals surface area contributed by atoms with Crippen LogP contribution in [0.5, 0.6) is 0 Å². The number of benzene rings is 2. The lowest BCUT2D eigenvalue weighted by molar-refractivity contribution is -0.140. The van der Waals surface area contributed by atoms with Gasteiger partial charge in [0.25, 0.3) is 0 Å². The fourth-order valence-electron chi connectivity index (χ4n) is 2.90. The summed E-state index contributed by atoms with van der Waals surface area (Å²) in [6.45, 7) is 2.71. The van der Waals surface area contributed by atoms with Gasteiger partial charge in [-0.3, -0.25) is 4.79 Å². The van der Waals surface area contributed by atoms with E-state index >= 15 is 0 Å². The van der Waals surface area contributed by atoms with Gasteiger partial charge in [0.15, 0.2) is 0 Å². The molecule has 0 saturated carbocycles. The summed E-state index contributed by atoms with van der Waals surface area (Å²) in [5.41, 5.74) is 4.71. The molecule has 3 aromatic rings. The van der Waals surface area contributed by atoms with Crippen LogP contribution < -0.4 is 0 Å². The molecular weight excluding hydrogens is 274 g/mol. The van der Waals surface area contributed by atoms with Gasteiger partial charge in [-0.05, 0) is 18.6 Å². The third-order valence-electron chi connectivity index (χ3n) is 3.98. The fraction of sp³-hybridized carbons (Fsp3) is 0.211. The SMILES string of the molecule is COC(=O)CCn1c(C)cc2cccc(-c3ccccc3)c21. The second kappa shape index (κ2) is 6.06. The molecule has 2 aromatic carbocycles. The van der Waals surface area contributed by atoms with Crippen molar-refractivity contribution in [1.82, 2.24) is 4.57 Å². The molecule has 0 N–H and O–H groups in total. The van der Waals surface area contributed by atoms with Crippen molar-refractivity contribution in [2.75, 3.05) is 7.11 Å². The zero-order chi connectivity index (χ0) is 15.5. The topological polar surface area (TPSA) is 31.2 Å². The first-order chi connectivity index (χ1) is 10.7. The molecule has 3 heteroatoms. The zero-order valence-electron chi connectivity index (χ0n) is 12.9. The molecule has 22 heavy (non-hydrogen) atoms. The summed E-state index contributed by atoms with van der Waals surface area (Å²) in [5.74, 6) is -0.182. The lowest BCUT2D eigenvalue weighted by Gasteiger charge is -2.11. The Kier molecular flexibility index (Phi) is 3.96. The molecule has 0 bridgehead atoms. The van der Waals surface area contributed by atoms with Gasteiger partial charge in [0.05, 0.1) is 19.0 Å². The Bertz CT molecular complexity index is 803. The standard InChI is InChI=1S/C19H19NO2/c1-14-13-16-9-6-10-17(15-7-4-3-5-8-15)19(16)20(14)12-11-18(21)22-2/h3-10,13H,11-12H2,1-2H3. The average molecular weight is 293 g/mol. The molecule has 3 rings (SSSR count). The van der Waals surface area contributed by atoms with Crippen molar-refractivity contribution in [2.24, 2.45) is 0 Å². The van der Waals surface area contributed by atoms with E-state index in [9.17, 15) is 4.79 Å². The minimum atomic E-state index is -0.182. The Balaban J connectivity index is 2.12.